The SMILES string of the molecule is CN1CCN(CC(=O)O)CCN(CC(=O)O)CCN(CC(=O)O)CC1Cc1ccc(NC(=S)NCCCCCC(=O)C[C@@H](CCC(=O)O)C(=O)NCCCC[C@H](NC(=O)NCCCC(=O)O)C(=O)O)cc1.O=C=O.O=C=O. The molecule has 1 aliphatic heterocycles. The Morgan fingerprint density at radius 2 is 1.10 bits per heavy atom. The van der Waals surface area contributed by atoms with Gasteiger partial charge in [0.1, 0.15) is 11.8 Å². The minimum atomic E-state index is -1.26. The van der Waals surface area contributed by atoms with E-state index in [4.69, 9.17) is 36.5 Å². The van der Waals surface area contributed by atoms with Crippen LogP contribution in [0.5, 0.6) is 0 Å². The zero-order chi connectivity index (χ0) is 58.1. The largest absolute Gasteiger partial charge is 0.481 e. The molecule has 1 aromatic carbocycles. The molecule has 0 aliphatic carbocycles. The van der Waals surface area contributed by atoms with Gasteiger partial charge >= 0.3 is 54.1 Å². The minimum absolute atomic E-state index is 0.0316. The lowest BCUT2D eigenvalue weighted by Gasteiger charge is -2.36. The first-order valence-electron chi connectivity index (χ1n) is 24.7. The summed E-state index contributed by atoms with van der Waals surface area (Å²) < 4.78 is 0. The smallest absolute Gasteiger partial charge is 0.373 e. The average molecular weight is 1110 g/mol. The molecule has 3 amide bonds. The Bertz CT molecular complexity index is 2090. The summed E-state index contributed by atoms with van der Waals surface area (Å²) in [5, 5.41) is 70.1. The lowest BCUT2D eigenvalue weighted by Crippen LogP contribution is -2.51. The normalized spacial score (nSPS) is 15.2. The molecule has 3 atom stereocenters. The van der Waals surface area contributed by atoms with Gasteiger partial charge in [-0.15, -0.1) is 0 Å². The summed E-state index contributed by atoms with van der Waals surface area (Å²) in [4.78, 5) is 146. The first-order valence-corrected chi connectivity index (χ1v) is 25.1. The molecule has 1 heterocycles. The fraction of sp³-hybridized carbons (Fsp3) is 0.625. The topological polar surface area (TPSA) is 416 Å². The van der Waals surface area contributed by atoms with Crippen molar-refractivity contribution in [3.63, 3.8) is 0 Å². The van der Waals surface area contributed by atoms with E-state index in [0.29, 0.717) is 96.0 Å². The summed E-state index contributed by atoms with van der Waals surface area (Å²) in [5.74, 6) is -7.89. The van der Waals surface area contributed by atoms with Gasteiger partial charge in [-0.25, -0.2) is 9.59 Å². The highest BCUT2D eigenvalue weighted by atomic mass is 32.1. The molecule has 1 unspecified atom stereocenters. The summed E-state index contributed by atoms with van der Waals surface area (Å²) in [6, 6.07) is 5.52. The number of nitrogens with one attached hydrogen (secondary N) is 5. The van der Waals surface area contributed by atoms with E-state index in [2.05, 4.69) is 31.5 Å². The van der Waals surface area contributed by atoms with Gasteiger partial charge in [-0.2, -0.15) is 19.2 Å². The van der Waals surface area contributed by atoms with Gasteiger partial charge in [-0.05, 0) is 88.3 Å². The number of benzene rings is 1. The number of nitrogens with zero attached hydrogens (tertiary/aromatic N) is 4. The fourth-order valence-corrected chi connectivity index (χ4v) is 8.01. The van der Waals surface area contributed by atoms with Gasteiger partial charge in [-0.3, -0.25) is 48.3 Å². The zero-order valence-electron chi connectivity index (χ0n) is 43.1. The Morgan fingerprint density at radius 1 is 0.597 bits per heavy atom. The molecule has 0 bridgehead atoms. The third-order valence-corrected chi connectivity index (χ3v) is 12.0. The Hall–Kier alpha value is -7.26. The second kappa shape index (κ2) is 41.9. The highest BCUT2D eigenvalue weighted by molar-refractivity contribution is 7.80. The number of carbonyl (C=O) groups excluding carboxylic acids is 7. The lowest BCUT2D eigenvalue weighted by atomic mass is 9.94. The molecular weight excluding hydrogens is 1040 g/mol. The summed E-state index contributed by atoms with van der Waals surface area (Å²) in [5.41, 5.74) is 1.70. The predicted molar refractivity (Wildman–Crippen MR) is 273 cm³/mol. The van der Waals surface area contributed by atoms with Gasteiger partial charge in [0.25, 0.3) is 0 Å². The number of amides is 3. The van der Waals surface area contributed by atoms with Crippen molar-refractivity contribution < 1.29 is 93.0 Å². The molecule has 0 radical (unpaired) electrons. The quantitative estimate of drug-likeness (QED) is 0.0327. The molecule has 1 fully saturated rings. The third kappa shape index (κ3) is 37.2. The van der Waals surface area contributed by atoms with E-state index in [-0.39, 0.29) is 102 Å². The van der Waals surface area contributed by atoms with E-state index >= 15 is 0 Å². The Labute approximate surface area is 450 Å². The van der Waals surface area contributed by atoms with Crippen molar-refractivity contribution in [3.05, 3.63) is 29.8 Å². The van der Waals surface area contributed by atoms with Crippen LogP contribution < -0.4 is 26.6 Å². The van der Waals surface area contributed by atoms with Crippen molar-refractivity contribution >= 4 is 88.9 Å². The number of thiocarbonyl (C=S) groups is 1. The molecule has 2 rings (SSSR count). The van der Waals surface area contributed by atoms with Crippen LogP contribution >= 0.6 is 12.2 Å². The van der Waals surface area contributed by atoms with E-state index in [1.54, 1.807) is 14.7 Å². The van der Waals surface area contributed by atoms with Crippen LogP contribution in [-0.4, -0.2) is 225 Å². The Balaban J connectivity index is 0.00000916. The number of unbranched alkanes of at least 4 members (excludes halogenated alkanes) is 3. The molecule has 28 nitrogen and oxygen atoms in total. The number of anilines is 1. The fourth-order valence-electron chi connectivity index (χ4n) is 7.79. The van der Waals surface area contributed by atoms with Crippen LogP contribution in [0.15, 0.2) is 24.3 Å². The Morgan fingerprint density at radius 3 is 1.65 bits per heavy atom. The number of rotatable bonds is 32. The maximum Gasteiger partial charge on any atom is 0.373 e. The van der Waals surface area contributed by atoms with E-state index in [1.807, 2.05) is 31.3 Å². The molecule has 11 N–H and O–H groups in total. The number of hydrogen-bond acceptors (Lipinski definition) is 18. The van der Waals surface area contributed by atoms with E-state index in [1.165, 1.54) is 0 Å². The molecule has 77 heavy (non-hydrogen) atoms. The van der Waals surface area contributed by atoms with Crippen molar-refractivity contribution in [3.8, 4) is 0 Å². The standard InChI is InChI=1S/C46H73N9O15S.2CO2/c1-52-20-21-53(29-40(61)62)22-23-54(30-41(63)64)24-25-55(31-42(65)66)28-35(52)26-32-11-14-34(15-12-32)50-46(71)49-18-5-2-3-8-36(56)27-33(13-16-39(59)60)43(67)47-17-6-4-9-37(44(68)69)51-45(70)48-19-7-10-38(57)58;2*2-1-3/h11-12,14-15,33,35,37H,2-10,13,16-31H2,1H3,(H,47,67)(H,57,58)(H,59,60)(H,61,62)(H,63,64)(H,65,66)(H,68,69)(H2,48,51,70)(H2,49,50,71);;/t33-,35?,37+;;/m1../s1. The number of Topliss-reactive ketones (excluding diaryl/α,β-unsaturated/α-hetero) is 1. The van der Waals surface area contributed by atoms with E-state index < -0.39 is 59.7 Å². The minimum Gasteiger partial charge on any atom is -0.481 e. The Kier molecular flexibility index (Phi) is 38.0. The highest BCUT2D eigenvalue weighted by Crippen LogP contribution is 2.17. The molecule has 1 aromatic rings. The molecular formula is C48H73N9O19S. The van der Waals surface area contributed by atoms with Gasteiger partial charge < -0.3 is 62.1 Å². The maximum absolute atomic E-state index is 13.0. The van der Waals surface area contributed by atoms with Crippen molar-refractivity contribution in [1.29, 1.82) is 0 Å². The van der Waals surface area contributed by atoms with Crippen molar-refractivity contribution in [2.45, 2.75) is 95.6 Å². The van der Waals surface area contributed by atoms with Gasteiger partial charge in [-0.1, -0.05) is 18.6 Å². The van der Waals surface area contributed by atoms with Crippen LogP contribution in [-0.2, 0) is 64.0 Å². The average Bonchev–Trinajstić information content (AvgIpc) is 3.34. The van der Waals surface area contributed by atoms with Crippen LogP contribution in [0.2, 0.25) is 0 Å². The van der Waals surface area contributed by atoms with Crippen LogP contribution in [0, 0.1) is 5.92 Å². The third-order valence-electron chi connectivity index (χ3n) is 11.7. The molecule has 1 aliphatic rings. The van der Waals surface area contributed by atoms with E-state index in [9.17, 15) is 68.7 Å². The predicted octanol–water partition coefficient (Wildman–Crippen LogP) is -0.273. The second-order valence-corrected chi connectivity index (χ2v) is 18.2. The second-order valence-electron chi connectivity index (χ2n) is 17.8. The van der Waals surface area contributed by atoms with E-state index in [0.717, 1.165) is 11.3 Å². The molecule has 0 spiro atoms. The summed E-state index contributed by atoms with van der Waals surface area (Å²) in [6.45, 7) is 2.62. The van der Waals surface area contributed by atoms with Gasteiger partial charge in [0, 0.05) is 109 Å². The van der Waals surface area contributed by atoms with Crippen LogP contribution in [0.1, 0.15) is 82.6 Å². The maximum atomic E-state index is 13.0. The highest BCUT2D eigenvalue weighted by Gasteiger charge is 2.26. The van der Waals surface area contributed by atoms with Crippen molar-refractivity contribution in [1.82, 2.24) is 40.9 Å². The van der Waals surface area contributed by atoms with Gasteiger partial charge in [0.05, 0.1) is 19.6 Å². The number of aliphatic carboxylic acids is 6. The number of urea groups is 1. The molecule has 0 aromatic heterocycles. The molecule has 0 saturated carbocycles. The number of carbonyl (C=O) groups is 9. The molecule has 430 valence electrons. The summed E-state index contributed by atoms with van der Waals surface area (Å²) in [6.07, 6.45) is 3.47. The summed E-state index contributed by atoms with van der Waals surface area (Å²) >= 11 is 5.49. The van der Waals surface area contributed by atoms with Gasteiger partial charge in [0.2, 0.25) is 5.91 Å². The van der Waals surface area contributed by atoms with Crippen LogP contribution in [0.3, 0.4) is 0 Å². The monoisotopic (exact) mass is 1110 g/mol. The van der Waals surface area contributed by atoms with Crippen molar-refractivity contribution in [2.75, 3.05) is 97.4 Å². The number of carboxylic acid groups (broad SMARTS) is 6. The first-order chi connectivity index (χ1) is 36.5. The molecule has 1 saturated heterocycles. The lowest BCUT2D eigenvalue weighted by molar-refractivity contribution is -0.193. The number of ketones is 1. The molecule has 29 heteroatoms. The number of carboxylic acids is 6. The first kappa shape index (κ1) is 69.7. The number of likely N-dealkylation sites (N-methyl/N-ethyl adjacent to an activating group) is 1. The van der Waals surface area contributed by atoms with Crippen LogP contribution in [0.25, 0.3) is 0 Å². The zero-order valence-corrected chi connectivity index (χ0v) is 43.9. The summed E-state index contributed by atoms with van der Waals surface area (Å²) in [7, 11) is 1.92. The van der Waals surface area contributed by atoms with Crippen LogP contribution in [0.4, 0.5) is 10.5 Å². The number of hydrogen-bond donors (Lipinski definition) is 11. The van der Waals surface area contributed by atoms with Gasteiger partial charge in [0.15, 0.2) is 5.11 Å². The van der Waals surface area contributed by atoms with Crippen molar-refractivity contribution in [2.24, 2.45) is 5.92 Å².